The summed E-state index contributed by atoms with van der Waals surface area (Å²) in [5, 5.41) is 10.9. The standard InChI is InChI=1S/C38H33N3O6S/c1-4-46-37(43)33-34(28-8-6-5-7-9-28)39-38-40(35(33)29-16-14-27(15-17-29)24(2)3)36(42)32(48-38)22-25-12-20-31(21-13-25)47-23-26-10-18-30(19-11-26)41(44)45/h5-22,24,35H,4,23H2,1-3H3/b32-22-/t35-/m1/s1. The molecule has 1 aliphatic rings. The van der Waals surface area contributed by atoms with Crippen molar-refractivity contribution in [1.82, 2.24) is 4.57 Å². The largest absolute Gasteiger partial charge is 0.489 e. The molecule has 10 heteroatoms. The van der Waals surface area contributed by atoms with Crippen LogP contribution in [0.3, 0.4) is 0 Å². The zero-order valence-electron chi connectivity index (χ0n) is 26.7. The maximum Gasteiger partial charge on any atom is 0.338 e. The quantitative estimate of drug-likeness (QED) is 0.0956. The third-order valence-corrected chi connectivity index (χ3v) is 9.01. The fourth-order valence-corrected chi connectivity index (χ4v) is 6.51. The molecule has 0 unspecified atom stereocenters. The van der Waals surface area contributed by atoms with Crippen LogP contribution in [0, 0.1) is 10.1 Å². The van der Waals surface area contributed by atoms with Crippen molar-refractivity contribution in [2.75, 3.05) is 6.61 Å². The van der Waals surface area contributed by atoms with E-state index in [9.17, 15) is 19.7 Å². The Morgan fingerprint density at radius 2 is 1.67 bits per heavy atom. The Morgan fingerprint density at radius 3 is 2.29 bits per heavy atom. The van der Waals surface area contributed by atoms with Gasteiger partial charge in [0.25, 0.3) is 11.2 Å². The van der Waals surface area contributed by atoms with E-state index in [0.29, 0.717) is 32.3 Å². The van der Waals surface area contributed by atoms with Crippen molar-refractivity contribution in [3.8, 4) is 5.75 Å². The van der Waals surface area contributed by atoms with Crippen molar-refractivity contribution in [2.24, 2.45) is 4.99 Å². The second kappa shape index (κ2) is 14.0. The third kappa shape index (κ3) is 6.74. The molecule has 0 spiro atoms. The first-order valence-corrected chi connectivity index (χ1v) is 16.4. The van der Waals surface area contributed by atoms with Gasteiger partial charge >= 0.3 is 5.97 Å². The van der Waals surface area contributed by atoms with E-state index >= 15 is 0 Å². The van der Waals surface area contributed by atoms with Crippen LogP contribution in [-0.4, -0.2) is 22.1 Å². The van der Waals surface area contributed by atoms with Crippen LogP contribution in [0.4, 0.5) is 5.69 Å². The van der Waals surface area contributed by atoms with Gasteiger partial charge in [-0.25, -0.2) is 9.79 Å². The number of ether oxygens (including phenoxy) is 2. The Balaban J connectivity index is 1.39. The van der Waals surface area contributed by atoms with Crippen molar-refractivity contribution in [3.63, 3.8) is 0 Å². The Labute approximate surface area is 280 Å². The molecule has 9 nitrogen and oxygen atoms in total. The van der Waals surface area contributed by atoms with E-state index < -0.39 is 16.9 Å². The summed E-state index contributed by atoms with van der Waals surface area (Å²) in [7, 11) is 0. The summed E-state index contributed by atoms with van der Waals surface area (Å²) in [5.74, 6) is 0.417. The van der Waals surface area contributed by atoms with Crippen LogP contribution in [-0.2, 0) is 16.1 Å². The van der Waals surface area contributed by atoms with Gasteiger partial charge < -0.3 is 9.47 Å². The molecule has 4 aromatic carbocycles. The number of nitro benzene ring substituents is 1. The van der Waals surface area contributed by atoms with E-state index in [2.05, 4.69) is 13.8 Å². The molecule has 48 heavy (non-hydrogen) atoms. The first-order chi connectivity index (χ1) is 23.2. The summed E-state index contributed by atoms with van der Waals surface area (Å²) in [6.45, 7) is 6.43. The zero-order chi connectivity index (χ0) is 33.8. The SMILES string of the molecule is CCOC(=O)C1=C(c2ccccc2)N=c2s/c(=C\c3ccc(OCc4ccc([N+](=O)[O-])cc4)cc3)c(=O)n2[C@@H]1c1ccc(C(C)C)cc1. The topological polar surface area (TPSA) is 113 Å². The van der Waals surface area contributed by atoms with Crippen LogP contribution in [0.2, 0.25) is 0 Å². The molecule has 2 heterocycles. The Hall–Kier alpha value is -5.61. The van der Waals surface area contributed by atoms with E-state index in [-0.39, 0.29) is 24.5 Å². The molecule has 0 saturated carbocycles. The van der Waals surface area contributed by atoms with Crippen molar-refractivity contribution in [2.45, 2.75) is 39.3 Å². The van der Waals surface area contributed by atoms with Gasteiger partial charge in [-0.3, -0.25) is 19.5 Å². The number of rotatable bonds is 10. The molecule has 5 aromatic rings. The van der Waals surface area contributed by atoms with Gasteiger partial charge in [0.2, 0.25) is 0 Å². The third-order valence-electron chi connectivity index (χ3n) is 8.02. The summed E-state index contributed by atoms with van der Waals surface area (Å²) in [5.41, 5.74) is 4.84. The molecule has 0 N–H and O–H groups in total. The molecule has 242 valence electrons. The number of aromatic nitrogens is 1. The van der Waals surface area contributed by atoms with Crippen LogP contribution in [0.5, 0.6) is 5.75 Å². The minimum absolute atomic E-state index is 0.0251. The highest BCUT2D eigenvalue weighted by molar-refractivity contribution is 7.07. The average molecular weight is 660 g/mol. The van der Waals surface area contributed by atoms with Gasteiger partial charge in [-0.1, -0.05) is 91.9 Å². The smallest absolute Gasteiger partial charge is 0.338 e. The predicted octanol–water partition coefficient (Wildman–Crippen LogP) is 6.55. The minimum atomic E-state index is -0.742. The van der Waals surface area contributed by atoms with E-state index in [4.69, 9.17) is 14.5 Å². The van der Waals surface area contributed by atoms with Gasteiger partial charge in [-0.05, 0) is 65.4 Å². The summed E-state index contributed by atoms with van der Waals surface area (Å²) in [4.78, 5) is 43.7. The molecule has 0 amide bonds. The Morgan fingerprint density at radius 1 is 0.979 bits per heavy atom. The monoisotopic (exact) mass is 659 g/mol. The number of carbonyl (C=O) groups is 1. The molecule has 6 rings (SSSR count). The molecule has 1 aliphatic heterocycles. The number of carbonyl (C=O) groups excluding carboxylic acids is 1. The van der Waals surface area contributed by atoms with Gasteiger partial charge in [0.1, 0.15) is 12.4 Å². The predicted molar refractivity (Wildman–Crippen MR) is 185 cm³/mol. The van der Waals surface area contributed by atoms with Gasteiger partial charge in [-0.2, -0.15) is 0 Å². The first kappa shape index (κ1) is 32.3. The van der Waals surface area contributed by atoms with E-state index in [0.717, 1.165) is 27.8 Å². The van der Waals surface area contributed by atoms with Crippen LogP contribution >= 0.6 is 11.3 Å². The summed E-state index contributed by atoms with van der Waals surface area (Å²) in [6.07, 6.45) is 1.80. The number of nitro groups is 1. The zero-order valence-corrected chi connectivity index (χ0v) is 27.5. The number of fused-ring (bicyclic) bond motifs is 1. The maximum absolute atomic E-state index is 14.2. The molecule has 0 aliphatic carbocycles. The number of thiazole rings is 1. The van der Waals surface area contributed by atoms with Crippen molar-refractivity contribution >= 4 is 34.8 Å². The number of benzene rings is 4. The van der Waals surface area contributed by atoms with Gasteiger partial charge in [0.15, 0.2) is 4.80 Å². The lowest BCUT2D eigenvalue weighted by molar-refractivity contribution is -0.384. The normalized spacial score (nSPS) is 14.4. The number of hydrogen-bond donors (Lipinski definition) is 0. The lowest BCUT2D eigenvalue weighted by atomic mass is 9.91. The fourth-order valence-electron chi connectivity index (χ4n) is 5.51. The highest BCUT2D eigenvalue weighted by Gasteiger charge is 2.35. The van der Waals surface area contributed by atoms with E-state index in [1.165, 1.54) is 23.5 Å². The Kier molecular flexibility index (Phi) is 9.45. The summed E-state index contributed by atoms with van der Waals surface area (Å²) in [6, 6.07) is 30.3. The summed E-state index contributed by atoms with van der Waals surface area (Å²) >= 11 is 1.27. The van der Waals surface area contributed by atoms with Crippen molar-refractivity contribution < 1.29 is 19.2 Å². The maximum atomic E-state index is 14.2. The molecule has 1 atom stereocenters. The molecule has 0 radical (unpaired) electrons. The molecule has 0 saturated heterocycles. The summed E-state index contributed by atoms with van der Waals surface area (Å²) < 4.78 is 13.5. The van der Waals surface area contributed by atoms with Crippen LogP contribution in [0.1, 0.15) is 60.5 Å². The molecule has 0 fully saturated rings. The average Bonchev–Trinajstić information content (AvgIpc) is 3.41. The van der Waals surface area contributed by atoms with Crippen LogP contribution in [0.25, 0.3) is 11.8 Å². The number of non-ortho nitro benzene ring substituents is 1. The number of nitrogens with zero attached hydrogens (tertiary/aromatic N) is 3. The van der Waals surface area contributed by atoms with E-state index in [1.54, 1.807) is 41.8 Å². The minimum Gasteiger partial charge on any atom is -0.489 e. The number of esters is 1. The lowest BCUT2D eigenvalue weighted by Crippen LogP contribution is -2.40. The molecule has 1 aromatic heterocycles. The second-order valence-corrected chi connectivity index (χ2v) is 12.5. The van der Waals surface area contributed by atoms with E-state index in [1.807, 2.05) is 66.7 Å². The fraction of sp³-hybridized carbons (Fsp3) is 0.184. The van der Waals surface area contributed by atoms with Crippen LogP contribution < -0.4 is 19.6 Å². The number of hydrogen-bond acceptors (Lipinski definition) is 8. The highest BCUT2D eigenvalue weighted by Crippen LogP contribution is 2.35. The van der Waals surface area contributed by atoms with Gasteiger partial charge in [0.05, 0.1) is 33.4 Å². The molecule has 0 bridgehead atoms. The van der Waals surface area contributed by atoms with Crippen molar-refractivity contribution in [1.29, 1.82) is 0 Å². The Bertz CT molecular complexity index is 2170. The van der Waals surface area contributed by atoms with Crippen molar-refractivity contribution in [3.05, 3.63) is 166 Å². The molecular formula is C38H33N3O6S. The molecular weight excluding hydrogens is 627 g/mol. The highest BCUT2D eigenvalue weighted by atomic mass is 32.1. The van der Waals surface area contributed by atoms with Gasteiger partial charge in [-0.15, -0.1) is 0 Å². The first-order valence-electron chi connectivity index (χ1n) is 15.6. The van der Waals surface area contributed by atoms with Gasteiger partial charge in [0, 0.05) is 17.7 Å². The second-order valence-electron chi connectivity index (χ2n) is 11.5. The lowest BCUT2D eigenvalue weighted by Gasteiger charge is -2.26. The van der Waals surface area contributed by atoms with Crippen LogP contribution in [0.15, 0.2) is 118 Å².